The van der Waals surface area contributed by atoms with Crippen LogP contribution in [0.5, 0.6) is 0 Å². The lowest BCUT2D eigenvalue weighted by atomic mass is 10.2. The summed E-state index contributed by atoms with van der Waals surface area (Å²) in [6.07, 6.45) is 1.74. The highest BCUT2D eigenvalue weighted by molar-refractivity contribution is 7.89. The number of sulfonamides is 1. The maximum Gasteiger partial charge on any atom is 0.243 e. The van der Waals surface area contributed by atoms with Gasteiger partial charge in [0.15, 0.2) is 11.6 Å². The molecule has 1 aromatic rings. The molecule has 1 aliphatic heterocycles. The zero-order valence-corrected chi connectivity index (χ0v) is 10.7. The summed E-state index contributed by atoms with van der Waals surface area (Å²) in [6.45, 7) is 0.882. The van der Waals surface area contributed by atoms with Crippen LogP contribution in [0.3, 0.4) is 0 Å². The first kappa shape index (κ1) is 14.3. The van der Waals surface area contributed by atoms with Crippen LogP contribution in [-0.4, -0.2) is 27.5 Å². The van der Waals surface area contributed by atoms with E-state index < -0.39 is 32.4 Å². The third kappa shape index (κ3) is 3.26. The third-order valence-electron chi connectivity index (χ3n) is 2.95. The summed E-state index contributed by atoms with van der Waals surface area (Å²) in [4.78, 5) is -0.885. The molecule has 4 nitrogen and oxygen atoms in total. The quantitative estimate of drug-likeness (QED) is 0.819. The number of halogens is 3. The molecule has 2 rings (SSSR count). The van der Waals surface area contributed by atoms with Crippen LogP contribution in [0.1, 0.15) is 12.8 Å². The Morgan fingerprint density at radius 3 is 2.53 bits per heavy atom. The third-order valence-corrected chi connectivity index (χ3v) is 4.39. The molecule has 0 bridgehead atoms. The van der Waals surface area contributed by atoms with Crippen molar-refractivity contribution in [1.82, 2.24) is 10.0 Å². The van der Waals surface area contributed by atoms with Gasteiger partial charge in [0.2, 0.25) is 10.0 Å². The fourth-order valence-electron chi connectivity index (χ4n) is 1.93. The van der Waals surface area contributed by atoms with Gasteiger partial charge in [0.1, 0.15) is 10.7 Å². The average Bonchev–Trinajstić information content (AvgIpc) is 2.84. The van der Waals surface area contributed by atoms with Crippen LogP contribution in [0.25, 0.3) is 0 Å². The van der Waals surface area contributed by atoms with Gasteiger partial charge < -0.3 is 5.32 Å². The van der Waals surface area contributed by atoms with Crippen molar-refractivity contribution in [2.45, 2.75) is 23.8 Å². The lowest BCUT2D eigenvalue weighted by Gasteiger charge is -2.12. The van der Waals surface area contributed by atoms with Crippen LogP contribution < -0.4 is 10.0 Å². The normalized spacial score (nSPS) is 19.8. The van der Waals surface area contributed by atoms with Crippen molar-refractivity contribution >= 4 is 10.0 Å². The second-order valence-corrected chi connectivity index (χ2v) is 6.08. The maximum atomic E-state index is 13.4. The molecule has 106 valence electrons. The highest BCUT2D eigenvalue weighted by atomic mass is 32.2. The first-order chi connectivity index (χ1) is 8.90. The van der Waals surface area contributed by atoms with Crippen molar-refractivity contribution in [3.8, 4) is 0 Å². The van der Waals surface area contributed by atoms with E-state index in [9.17, 15) is 21.6 Å². The Morgan fingerprint density at radius 2 is 1.89 bits per heavy atom. The van der Waals surface area contributed by atoms with Crippen molar-refractivity contribution in [2.75, 3.05) is 13.1 Å². The van der Waals surface area contributed by atoms with Crippen LogP contribution in [0.4, 0.5) is 13.2 Å². The van der Waals surface area contributed by atoms with Crippen LogP contribution >= 0.6 is 0 Å². The van der Waals surface area contributed by atoms with Gasteiger partial charge in [0.05, 0.1) is 0 Å². The molecule has 1 aliphatic rings. The fraction of sp³-hybridized carbons (Fsp3) is 0.455. The van der Waals surface area contributed by atoms with Crippen molar-refractivity contribution in [3.05, 3.63) is 29.6 Å². The number of hydrogen-bond donors (Lipinski definition) is 2. The fourth-order valence-corrected chi connectivity index (χ4v) is 3.08. The van der Waals surface area contributed by atoms with Crippen LogP contribution in [0.15, 0.2) is 17.0 Å². The van der Waals surface area contributed by atoms with E-state index in [1.807, 2.05) is 0 Å². The topological polar surface area (TPSA) is 58.2 Å². The molecule has 0 aromatic heterocycles. The molecule has 0 saturated carbocycles. The molecule has 0 amide bonds. The Morgan fingerprint density at radius 1 is 1.21 bits per heavy atom. The number of hydrogen-bond acceptors (Lipinski definition) is 3. The Bertz CT molecular complexity index is 572. The Hall–Kier alpha value is -1.12. The molecular weight excluding hydrogens is 281 g/mol. The first-order valence-electron chi connectivity index (χ1n) is 5.78. The molecule has 1 fully saturated rings. The molecule has 1 heterocycles. The van der Waals surface area contributed by atoms with E-state index in [1.165, 1.54) is 0 Å². The van der Waals surface area contributed by atoms with E-state index >= 15 is 0 Å². The SMILES string of the molecule is O=S(=O)(NCC1CCCN1)c1cc(F)c(F)cc1F. The molecule has 0 spiro atoms. The smallest absolute Gasteiger partial charge is 0.243 e. The molecule has 0 aliphatic carbocycles. The van der Waals surface area contributed by atoms with E-state index in [1.54, 1.807) is 0 Å². The molecule has 19 heavy (non-hydrogen) atoms. The van der Waals surface area contributed by atoms with E-state index in [0.717, 1.165) is 19.4 Å². The van der Waals surface area contributed by atoms with Crippen LogP contribution in [-0.2, 0) is 10.0 Å². The molecule has 0 radical (unpaired) electrons. The molecule has 2 N–H and O–H groups in total. The molecule has 1 aromatic carbocycles. The second-order valence-electron chi connectivity index (χ2n) is 4.34. The van der Waals surface area contributed by atoms with Gasteiger partial charge in [-0.05, 0) is 25.5 Å². The summed E-state index contributed by atoms with van der Waals surface area (Å²) < 4.78 is 64.9. The molecule has 1 unspecified atom stereocenters. The maximum absolute atomic E-state index is 13.4. The number of rotatable bonds is 4. The van der Waals surface area contributed by atoms with E-state index in [0.29, 0.717) is 6.07 Å². The Balaban J connectivity index is 2.16. The Kier molecular flexibility index (Phi) is 4.12. The van der Waals surface area contributed by atoms with Crippen LogP contribution in [0, 0.1) is 17.5 Å². The molecule has 1 atom stereocenters. The summed E-state index contributed by atoms with van der Waals surface area (Å²) in [5.74, 6) is -4.14. The summed E-state index contributed by atoms with van der Waals surface area (Å²) in [6, 6.07) is 0.537. The lowest BCUT2D eigenvalue weighted by molar-refractivity contribution is 0.480. The zero-order valence-electron chi connectivity index (χ0n) is 9.92. The molecule has 1 saturated heterocycles. The zero-order chi connectivity index (χ0) is 14.0. The average molecular weight is 294 g/mol. The van der Waals surface area contributed by atoms with Crippen molar-refractivity contribution in [2.24, 2.45) is 0 Å². The van der Waals surface area contributed by atoms with Gasteiger partial charge in [-0.2, -0.15) is 0 Å². The van der Waals surface area contributed by atoms with Gasteiger partial charge in [0.25, 0.3) is 0 Å². The minimum Gasteiger partial charge on any atom is -0.313 e. The van der Waals surface area contributed by atoms with Gasteiger partial charge in [-0.25, -0.2) is 26.3 Å². The monoisotopic (exact) mass is 294 g/mol. The summed E-state index contributed by atoms with van der Waals surface area (Å²) in [5, 5.41) is 3.06. The summed E-state index contributed by atoms with van der Waals surface area (Å²) in [7, 11) is -4.19. The first-order valence-corrected chi connectivity index (χ1v) is 7.26. The second kappa shape index (κ2) is 5.48. The lowest BCUT2D eigenvalue weighted by Crippen LogP contribution is -2.37. The predicted molar refractivity (Wildman–Crippen MR) is 62.5 cm³/mol. The minimum absolute atomic E-state index is 0.0249. The summed E-state index contributed by atoms with van der Waals surface area (Å²) >= 11 is 0. The van der Waals surface area contributed by atoms with Crippen molar-refractivity contribution in [3.63, 3.8) is 0 Å². The molecular formula is C11H13F3N2O2S. The van der Waals surface area contributed by atoms with Gasteiger partial charge in [-0.15, -0.1) is 0 Å². The van der Waals surface area contributed by atoms with E-state index in [4.69, 9.17) is 0 Å². The van der Waals surface area contributed by atoms with Gasteiger partial charge >= 0.3 is 0 Å². The largest absolute Gasteiger partial charge is 0.313 e. The molecule has 8 heteroatoms. The highest BCUT2D eigenvalue weighted by Crippen LogP contribution is 2.18. The van der Waals surface area contributed by atoms with Gasteiger partial charge in [-0.1, -0.05) is 0 Å². The highest BCUT2D eigenvalue weighted by Gasteiger charge is 2.24. The van der Waals surface area contributed by atoms with Crippen molar-refractivity contribution < 1.29 is 21.6 Å². The number of benzene rings is 1. The predicted octanol–water partition coefficient (Wildman–Crippen LogP) is 1.13. The summed E-state index contributed by atoms with van der Waals surface area (Å²) in [5.41, 5.74) is 0. The van der Waals surface area contributed by atoms with E-state index in [-0.39, 0.29) is 18.7 Å². The van der Waals surface area contributed by atoms with E-state index in [2.05, 4.69) is 10.0 Å². The minimum atomic E-state index is -4.19. The Labute approximate surface area is 109 Å². The van der Waals surface area contributed by atoms with Gasteiger partial charge in [0, 0.05) is 18.7 Å². The number of nitrogens with one attached hydrogen (secondary N) is 2. The standard InChI is InChI=1S/C11H13F3N2O2S/c12-8-4-10(14)11(5-9(8)13)19(17,18)16-6-7-2-1-3-15-7/h4-5,7,15-16H,1-3,6H2. The van der Waals surface area contributed by atoms with Gasteiger partial charge in [-0.3, -0.25) is 0 Å². The van der Waals surface area contributed by atoms with Crippen molar-refractivity contribution in [1.29, 1.82) is 0 Å². The van der Waals surface area contributed by atoms with Crippen LogP contribution in [0.2, 0.25) is 0 Å².